The van der Waals surface area contributed by atoms with Crippen LogP contribution in [0.2, 0.25) is 0 Å². The van der Waals surface area contributed by atoms with Crippen molar-refractivity contribution in [1.29, 1.82) is 0 Å². The number of hydrogen-bond donors (Lipinski definition) is 1. The van der Waals surface area contributed by atoms with Gasteiger partial charge in [0.25, 0.3) is 5.91 Å². The van der Waals surface area contributed by atoms with Gasteiger partial charge in [0.2, 0.25) is 0 Å². The molecular formula is C25H21NO6S2. The topological polar surface area (TPSA) is 93.1 Å². The van der Waals surface area contributed by atoms with Crippen LogP contribution in [0.3, 0.4) is 0 Å². The maximum atomic E-state index is 13.2. The minimum absolute atomic E-state index is 0.0770. The van der Waals surface area contributed by atoms with Crippen molar-refractivity contribution in [2.24, 2.45) is 11.8 Å². The number of nitrogens with zero attached hydrogens (tertiary/aromatic N) is 1. The molecule has 174 valence electrons. The largest absolute Gasteiger partial charge is 0.506 e. The van der Waals surface area contributed by atoms with E-state index in [1.54, 1.807) is 35.2 Å². The predicted molar refractivity (Wildman–Crippen MR) is 133 cm³/mol. The monoisotopic (exact) mass is 495 g/mol. The summed E-state index contributed by atoms with van der Waals surface area (Å²) in [6.07, 6.45) is 6.27. The number of rotatable bonds is 4. The van der Waals surface area contributed by atoms with Crippen molar-refractivity contribution in [2.45, 2.75) is 31.7 Å². The summed E-state index contributed by atoms with van der Waals surface area (Å²) >= 11 is 6.82. The zero-order valence-electron chi connectivity index (χ0n) is 18.3. The van der Waals surface area contributed by atoms with Crippen LogP contribution in [0.4, 0.5) is 0 Å². The van der Waals surface area contributed by atoms with Crippen molar-refractivity contribution in [1.82, 2.24) is 4.90 Å². The molecule has 3 heterocycles. The molecule has 7 nitrogen and oxygen atoms in total. The fraction of sp³-hybridized carbons (Fsp3) is 0.320. The molecule has 0 radical (unpaired) electrons. The highest BCUT2D eigenvalue weighted by atomic mass is 32.2. The van der Waals surface area contributed by atoms with E-state index in [9.17, 15) is 14.7 Å². The number of thiocarbonyl (C=S) groups is 1. The fourth-order valence-electron chi connectivity index (χ4n) is 5.50. The molecule has 1 aliphatic heterocycles. The number of amides is 1. The molecular weight excluding hydrogens is 474 g/mol. The van der Waals surface area contributed by atoms with Crippen LogP contribution in [0.15, 0.2) is 48.9 Å². The molecule has 3 unspecified atom stereocenters. The van der Waals surface area contributed by atoms with Gasteiger partial charge in [-0.2, -0.15) is 0 Å². The Balaban J connectivity index is 1.31. The van der Waals surface area contributed by atoms with Crippen LogP contribution >= 0.6 is 24.0 Å². The standard InChI is InChI=1S/C25H21NO6S2/c1-30-14-4-6-16-19(10-14)32-24(29)21(22(16)27)18-7-5-15(31-18)11-20-23(28)26(25(33)34-20)17-9-12-2-3-13(17)8-12/h4-7,10-13,17,27H,2-3,8-9H2,1H3. The van der Waals surface area contributed by atoms with Gasteiger partial charge in [-0.1, -0.05) is 30.4 Å². The van der Waals surface area contributed by atoms with E-state index in [0.717, 1.165) is 12.8 Å². The highest BCUT2D eigenvalue weighted by Crippen LogP contribution is 2.49. The number of carbonyl (C=O) groups excluding carboxylic acids is 1. The van der Waals surface area contributed by atoms with Gasteiger partial charge in [0.05, 0.1) is 17.4 Å². The van der Waals surface area contributed by atoms with E-state index in [1.807, 2.05) is 0 Å². The second-order valence-electron chi connectivity index (χ2n) is 8.97. The van der Waals surface area contributed by atoms with E-state index >= 15 is 0 Å². The molecule has 2 bridgehead atoms. The number of thioether (sulfide) groups is 1. The summed E-state index contributed by atoms with van der Waals surface area (Å²) in [4.78, 5) is 28.1. The van der Waals surface area contributed by atoms with Crippen molar-refractivity contribution < 1.29 is 23.5 Å². The third-order valence-electron chi connectivity index (χ3n) is 7.09. The average molecular weight is 496 g/mol. The number of ether oxygens (including phenoxy) is 1. The molecule has 3 fully saturated rings. The SMILES string of the molecule is COc1ccc2c(O)c(-c3ccc(C=C4SC(=S)N(C5CC6CCC5C6)C4=O)o3)c(=O)oc2c1. The molecule has 3 atom stereocenters. The lowest BCUT2D eigenvalue weighted by Gasteiger charge is -2.30. The molecule has 1 N–H and O–H groups in total. The molecule has 2 aromatic heterocycles. The van der Waals surface area contributed by atoms with Gasteiger partial charge in [-0.25, -0.2) is 4.79 Å². The molecule has 1 aromatic carbocycles. The molecule has 2 saturated carbocycles. The normalized spacial score (nSPS) is 25.3. The summed E-state index contributed by atoms with van der Waals surface area (Å²) in [6.45, 7) is 0. The number of methoxy groups -OCH3 is 1. The molecule has 1 amide bonds. The summed E-state index contributed by atoms with van der Waals surface area (Å²) < 4.78 is 16.9. The van der Waals surface area contributed by atoms with E-state index in [1.165, 1.54) is 37.8 Å². The van der Waals surface area contributed by atoms with Crippen molar-refractivity contribution in [3.63, 3.8) is 0 Å². The van der Waals surface area contributed by atoms with Gasteiger partial charge in [-0.05, 0) is 55.4 Å². The van der Waals surface area contributed by atoms with E-state index in [4.69, 9.17) is 25.8 Å². The van der Waals surface area contributed by atoms with Gasteiger partial charge < -0.3 is 18.7 Å². The van der Waals surface area contributed by atoms with Crippen molar-refractivity contribution >= 4 is 51.3 Å². The molecule has 9 heteroatoms. The van der Waals surface area contributed by atoms with E-state index in [0.29, 0.717) is 38.0 Å². The maximum absolute atomic E-state index is 13.2. The molecule has 3 aliphatic rings. The molecule has 1 saturated heterocycles. The van der Waals surface area contributed by atoms with Gasteiger partial charge in [0.1, 0.15) is 38.5 Å². The lowest BCUT2D eigenvalue weighted by molar-refractivity contribution is -0.124. The van der Waals surface area contributed by atoms with Crippen LogP contribution in [0.5, 0.6) is 11.5 Å². The Morgan fingerprint density at radius 1 is 1.18 bits per heavy atom. The zero-order chi connectivity index (χ0) is 23.6. The number of aromatic hydroxyl groups is 1. The van der Waals surface area contributed by atoms with Crippen LogP contribution < -0.4 is 10.4 Å². The first-order valence-electron chi connectivity index (χ1n) is 11.1. The summed E-state index contributed by atoms with van der Waals surface area (Å²) in [7, 11) is 1.50. The Hall–Kier alpha value is -3.04. The lowest BCUT2D eigenvalue weighted by atomic mass is 9.94. The molecule has 2 aliphatic carbocycles. The first-order valence-corrected chi connectivity index (χ1v) is 12.4. The zero-order valence-corrected chi connectivity index (χ0v) is 19.9. The fourth-order valence-corrected chi connectivity index (χ4v) is 6.85. The molecule has 6 rings (SSSR count). The Bertz CT molecular complexity index is 1440. The van der Waals surface area contributed by atoms with Gasteiger partial charge in [-0.15, -0.1) is 0 Å². The van der Waals surface area contributed by atoms with E-state index in [-0.39, 0.29) is 34.6 Å². The van der Waals surface area contributed by atoms with Crippen molar-refractivity contribution in [2.75, 3.05) is 7.11 Å². The third-order valence-corrected chi connectivity index (χ3v) is 8.42. The second-order valence-corrected chi connectivity index (χ2v) is 10.6. The maximum Gasteiger partial charge on any atom is 0.351 e. The Labute approximate surface area is 204 Å². The van der Waals surface area contributed by atoms with Gasteiger partial charge >= 0.3 is 5.63 Å². The number of benzene rings is 1. The third kappa shape index (κ3) is 3.37. The smallest absolute Gasteiger partial charge is 0.351 e. The molecule has 0 spiro atoms. The molecule has 3 aromatic rings. The minimum Gasteiger partial charge on any atom is -0.506 e. The highest BCUT2D eigenvalue weighted by molar-refractivity contribution is 8.26. The number of hydrogen-bond acceptors (Lipinski definition) is 8. The van der Waals surface area contributed by atoms with E-state index in [2.05, 4.69) is 0 Å². The highest BCUT2D eigenvalue weighted by Gasteiger charge is 2.48. The first kappa shape index (κ1) is 21.5. The number of fused-ring (bicyclic) bond motifs is 3. The average Bonchev–Trinajstić information content (AvgIpc) is 3.60. The quantitative estimate of drug-likeness (QED) is 0.302. The molecule has 34 heavy (non-hydrogen) atoms. The van der Waals surface area contributed by atoms with Crippen LogP contribution in [0.1, 0.15) is 31.4 Å². The van der Waals surface area contributed by atoms with Crippen molar-refractivity contribution in [3.05, 3.63) is 51.4 Å². The van der Waals surface area contributed by atoms with Gasteiger partial charge in [0.15, 0.2) is 0 Å². The Morgan fingerprint density at radius 2 is 2.03 bits per heavy atom. The van der Waals surface area contributed by atoms with Gasteiger partial charge in [-0.3, -0.25) is 9.69 Å². The first-order chi connectivity index (χ1) is 16.4. The van der Waals surface area contributed by atoms with Gasteiger partial charge in [0, 0.05) is 18.2 Å². The number of furan rings is 1. The van der Waals surface area contributed by atoms with Crippen LogP contribution in [-0.2, 0) is 4.79 Å². The lowest BCUT2D eigenvalue weighted by Crippen LogP contribution is -2.41. The van der Waals surface area contributed by atoms with Crippen molar-refractivity contribution in [3.8, 4) is 22.8 Å². The van der Waals surface area contributed by atoms with Crippen LogP contribution in [-0.4, -0.2) is 33.4 Å². The Morgan fingerprint density at radius 3 is 2.76 bits per heavy atom. The van der Waals surface area contributed by atoms with Crippen LogP contribution in [0, 0.1) is 11.8 Å². The summed E-state index contributed by atoms with van der Waals surface area (Å²) in [5, 5.41) is 11.1. The summed E-state index contributed by atoms with van der Waals surface area (Å²) in [5.74, 6) is 1.96. The summed E-state index contributed by atoms with van der Waals surface area (Å²) in [6, 6.07) is 8.23. The Kier molecular flexibility index (Phi) is 5.07. The van der Waals surface area contributed by atoms with E-state index < -0.39 is 5.63 Å². The predicted octanol–water partition coefficient (Wildman–Crippen LogP) is 5.16. The summed E-state index contributed by atoms with van der Waals surface area (Å²) in [5.41, 5.74) is -0.602. The minimum atomic E-state index is -0.734. The second kappa shape index (κ2) is 8.02. The number of carbonyl (C=O) groups is 1. The van der Waals surface area contributed by atoms with Crippen LogP contribution in [0.25, 0.3) is 28.4 Å².